The monoisotopic (exact) mass is 192 g/mol. The third kappa shape index (κ3) is 3.03. The van der Waals surface area contributed by atoms with Crippen molar-refractivity contribution in [3.8, 4) is 0 Å². The van der Waals surface area contributed by atoms with E-state index in [9.17, 15) is 0 Å². The van der Waals surface area contributed by atoms with Gasteiger partial charge in [-0.15, -0.1) is 0 Å². The number of nitrogens with zero attached hydrogens (tertiary/aromatic N) is 1. The van der Waals surface area contributed by atoms with E-state index in [-0.39, 0.29) is 5.25 Å². The number of thiol groups is 1. The summed E-state index contributed by atoms with van der Waals surface area (Å²) in [5.41, 5.74) is 6.76. The van der Waals surface area contributed by atoms with E-state index in [4.69, 9.17) is 5.53 Å². The molecule has 0 saturated heterocycles. The van der Waals surface area contributed by atoms with Crippen LogP contribution >= 0.6 is 12.6 Å². The molecule has 0 radical (unpaired) electrons. The van der Waals surface area contributed by atoms with E-state index in [2.05, 4.69) is 17.7 Å². The molecule has 0 amide bonds. The molecule has 13 heavy (non-hydrogen) atoms. The molecule has 1 aromatic carbocycles. The first-order chi connectivity index (χ1) is 6.24. The Labute approximate surface area is 82.9 Å². The minimum absolute atomic E-state index is 0.209. The molecule has 2 nitrogen and oxygen atoms in total. The fraction of sp³-hybridized carbons (Fsp3) is 0.200. The van der Waals surface area contributed by atoms with Crippen LogP contribution < -0.4 is 10.4 Å². The zero-order valence-corrected chi connectivity index (χ0v) is 8.33. The molecule has 0 aliphatic rings. The molecule has 0 aromatic heterocycles. The molecular weight excluding hydrogens is 180 g/mol. The van der Waals surface area contributed by atoms with Gasteiger partial charge in [0.15, 0.2) is 0 Å². The van der Waals surface area contributed by atoms with Gasteiger partial charge in [0.2, 0.25) is 0 Å². The van der Waals surface area contributed by atoms with Crippen molar-refractivity contribution in [3.63, 3.8) is 0 Å². The number of nitrogens with one attached hydrogen (secondary N) is 1. The SMILES string of the molecule is CC(S)/C=c1/cccc/c1=C/N=N. The Balaban J connectivity index is 3.36. The second-order valence-corrected chi connectivity index (χ2v) is 3.61. The van der Waals surface area contributed by atoms with Crippen LogP contribution in [0.1, 0.15) is 6.92 Å². The van der Waals surface area contributed by atoms with E-state index >= 15 is 0 Å². The van der Waals surface area contributed by atoms with Gasteiger partial charge in [-0.25, -0.2) is 5.53 Å². The van der Waals surface area contributed by atoms with Crippen molar-refractivity contribution in [1.29, 1.82) is 5.53 Å². The van der Waals surface area contributed by atoms with Crippen LogP contribution in [0.3, 0.4) is 0 Å². The van der Waals surface area contributed by atoms with E-state index in [1.807, 2.05) is 37.3 Å². The standard InChI is InChI=1S/C10H12N2S/c1-8(13)6-9-4-2-3-5-10(9)7-12-11/h2-8,11,13H,1H3/b9-6-,10-7-,12-11?. The second-order valence-electron chi connectivity index (χ2n) is 2.79. The van der Waals surface area contributed by atoms with Gasteiger partial charge in [-0.2, -0.15) is 17.7 Å². The van der Waals surface area contributed by atoms with Gasteiger partial charge in [-0.1, -0.05) is 30.3 Å². The van der Waals surface area contributed by atoms with Gasteiger partial charge in [0.1, 0.15) is 0 Å². The number of benzene rings is 1. The summed E-state index contributed by atoms with van der Waals surface area (Å²) in [6.07, 6.45) is 3.56. The first-order valence-corrected chi connectivity index (χ1v) is 4.57. The van der Waals surface area contributed by atoms with Gasteiger partial charge in [-0.05, 0) is 12.1 Å². The molecule has 1 atom stereocenters. The maximum Gasteiger partial charge on any atom is 0.0567 e. The zero-order valence-electron chi connectivity index (χ0n) is 7.44. The number of hydrogen-bond acceptors (Lipinski definition) is 3. The van der Waals surface area contributed by atoms with Gasteiger partial charge in [-0.3, -0.25) is 0 Å². The molecule has 0 aliphatic carbocycles. The van der Waals surface area contributed by atoms with Crippen LogP contribution in [0, 0.1) is 5.53 Å². The normalized spacial score (nSPS) is 15.8. The van der Waals surface area contributed by atoms with Crippen LogP contribution in [-0.2, 0) is 0 Å². The summed E-state index contributed by atoms with van der Waals surface area (Å²) in [7, 11) is 0. The van der Waals surface area contributed by atoms with Gasteiger partial charge < -0.3 is 0 Å². The second kappa shape index (κ2) is 4.82. The molecule has 0 aliphatic heterocycles. The van der Waals surface area contributed by atoms with Crippen LogP contribution in [0.2, 0.25) is 0 Å². The molecule has 68 valence electrons. The topological polar surface area (TPSA) is 36.2 Å². The lowest BCUT2D eigenvalue weighted by Gasteiger charge is -1.93. The summed E-state index contributed by atoms with van der Waals surface area (Å²) in [5, 5.41) is 5.49. The summed E-state index contributed by atoms with van der Waals surface area (Å²) in [5.74, 6) is 0. The molecular formula is C10H12N2S. The van der Waals surface area contributed by atoms with Crippen LogP contribution in [0.4, 0.5) is 0 Å². The maximum atomic E-state index is 6.76. The van der Waals surface area contributed by atoms with Gasteiger partial charge in [0, 0.05) is 10.5 Å². The van der Waals surface area contributed by atoms with Crippen molar-refractivity contribution < 1.29 is 0 Å². The molecule has 1 rings (SSSR count). The van der Waals surface area contributed by atoms with Crippen molar-refractivity contribution in [2.24, 2.45) is 5.11 Å². The maximum absolute atomic E-state index is 6.76. The zero-order chi connectivity index (χ0) is 9.68. The Bertz CT molecular complexity index is 396. The summed E-state index contributed by atoms with van der Waals surface area (Å²) in [4.78, 5) is 0. The average molecular weight is 192 g/mol. The van der Waals surface area contributed by atoms with Crippen molar-refractivity contribution in [3.05, 3.63) is 34.7 Å². The fourth-order valence-corrected chi connectivity index (χ4v) is 1.27. The highest BCUT2D eigenvalue weighted by molar-refractivity contribution is 7.81. The molecule has 0 heterocycles. The van der Waals surface area contributed by atoms with Gasteiger partial charge in [0.05, 0.1) is 6.20 Å². The smallest absolute Gasteiger partial charge is 0.0567 e. The third-order valence-electron chi connectivity index (χ3n) is 1.62. The summed E-state index contributed by atoms with van der Waals surface area (Å²) in [6.45, 7) is 2.00. The summed E-state index contributed by atoms with van der Waals surface area (Å²) < 4.78 is 0. The summed E-state index contributed by atoms with van der Waals surface area (Å²) in [6, 6.07) is 7.81. The predicted octanol–water partition coefficient (Wildman–Crippen LogP) is 1.55. The highest BCUT2D eigenvalue weighted by Gasteiger charge is 1.87. The Kier molecular flexibility index (Phi) is 3.71. The third-order valence-corrected chi connectivity index (χ3v) is 1.77. The largest absolute Gasteiger partial charge is 0.205 e. The van der Waals surface area contributed by atoms with Crippen LogP contribution in [0.5, 0.6) is 0 Å². The molecule has 0 spiro atoms. The van der Waals surface area contributed by atoms with E-state index < -0.39 is 0 Å². The molecule has 0 saturated carbocycles. The van der Waals surface area contributed by atoms with E-state index in [1.165, 1.54) is 6.20 Å². The van der Waals surface area contributed by atoms with E-state index in [1.54, 1.807) is 0 Å². The minimum atomic E-state index is 0.209. The van der Waals surface area contributed by atoms with Crippen LogP contribution in [-0.4, -0.2) is 5.25 Å². The first-order valence-electron chi connectivity index (χ1n) is 4.06. The predicted molar refractivity (Wildman–Crippen MR) is 58.2 cm³/mol. The lowest BCUT2D eigenvalue weighted by Crippen LogP contribution is -2.24. The Hall–Kier alpha value is -1.09. The van der Waals surface area contributed by atoms with Crippen LogP contribution in [0.15, 0.2) is 29.4 Å². The minimum Gasteiger partial charge on any atom is -0.205 e. The van der Waals surface area contributed by atoms with E-state index in [0.717, 1.165) is 10.4 Å². The number of hydrogen-bond donors (Lipinski definition) is 2. The van der Waals surface area contributed by atoms with Gasteiger partial charge in [0.25, 0.3) is 0 Å². The van der Waals surface area contributed by atoms with Crippen molar-refractivity contribution >= 4 is 24.9 Å². The Morgan fingerprint density at radius 2 is 2.00 bits per heavy atom. The molecule has 0 fully saturated rings. The average Bonchev–Trinajstić information content (AvgIpc) is 2.08. The molecule has 1 aromatic rings. The summed E-state index contributed by atoms with van der Waals surface area (Å²) >= 11 is 4.28. The molecule has 1 N–H and O–H groups in total. The Morgan fingerprint density at radius 3 is 2.54 bits per heavy atom. The lowest BCUT2D eigenvalue weighted by molar-refractivity contribution is 1.18. The molecule has 1 unspecified atom stereocenters. The van der Waals surface area contributed by atoms with Crippen molar-refractivity contribution in [1.82, 2.24) is 0 Å². The Morgan fingerprint density at radius 1 is 1.38 bits per heavy atom. The highest BCUT2D eigenvalue weighted by Crippen LogP contribution is 1.91. The van der Waals surface area contributed by atoms with Crippen molar-refractivity contribution in [2.75, 3.05) is 0 Å². The fourth-order valence-electron chi connectivity index (χ4n) is 1.11. The highest BCUT2D eigenvalue weighted by atomic mass is 32.1. The number of rotatable bonds is 2. The molecule has 0 bridgehead atoms. The lowest BCUT2D eigenvalue weighted by atomic mass is 10.2. The van der Waals surface area contributed by atoms with E-state index in [0.29, 0.717) is 0 Å². The van der Waals surface area contributed by atoms with Gasteiger partial charge >= 0.3 is 0 Å². The van der Waals surface area contributed by atoms with Crippen molar-refractivity contribution in [2.45, 2.75) is 12.2 Å². The first kappa shape index (κ1) is 9.99. The van der Waals surface area contributed by atoms with Crippen LogP contribution in [0.25, 0.3) is 12.3 Å². The quantitative estimate of drug-likeness (QED) is 0.527. The molecule has 3 heteroatoms.